The second-order valence-corrected chi connectivity index (χ2v) is 8.18. The standard InChI is InChI=1S/C27H27N7O2.ClH/c28-25(29)21-10-8-20(9-11-21)15-32-24(35)18-34-26(22-7-4-13-30-16-22)33-17-23(27(34)36)31-14-12-19-5-2-1-3-6-19;/h1-11,13,16-17,31H,12,14-15,18H2,(H3,28,29)(H,32,35);1H. The molecule has 0 spiro atoms. The minimum absolute atomic E-state index is 0. The number of nitrogen functional groups attached to an aromatic ring is 1. The number of benzene rings is 2. The van der Waals surface area contributed by atoms with Crippen LogP contribution in [0.3, 0.4) is 0 Å². The number of hydrogen-bond acceptors (Lipinski definition) is 6. The van der Waals surface area contributed by atoms with Gasteiger partial charge in [0.15, 0.2) is 0 Å². The minimum atomic E-state index is -0.335. The fraction of sp³-hybridized carbons (Fsp3) is 0.148. The van der Waals surface area contributed by atoms with Crippen molar-refractivity contribution in [1.82, 2.24) is 19.9 Å². The highest BCUT2D eigenvalue weighted by Crippen LogP contribution is 2.15. The van der Waals surface area contributed by atoms with Gasteiger partial charge >= 0.3 is 0 Å². The Morgan fingerprint density at radius 1 is 0.973 bits per heavy atom. The van der Waals surface area contributed by atoms with Gasteiger partial charge in [-0.25, -0.2) is 4.98 Å². The molecule has 0 aliphatic carbocycles. The molecule has 0 saturated heterocycles. The summed E-state index contributed by atoms with van der Waals surface area (Å²) in [6.45, 7) is 0.627. The summed E-state index contributed by atoms with van der Waals surface area (Å²) in [5.41, 5.74) is 8.73. The lowest BCUT2D eigenvalue weighted by atomic mass is 10.1. The van der Waals surface area contributed by atoms with Gasteiger partial charge in [-0.05, 0) is 29.7 Å². The van der Waals surface area contributed by atoms with Crippen molar-refractivity contribution in [3.63, 3.8) is 0 Å². The number of hydrogen-bond donors (Lipinski definition) is 4. The smallest absolute Gasteiger partial charge is 0.277 e. The Kier molecular flexibility index (Phi) is 9.51. The molecule has 0 saturated carbocycles. The fourth-order valence-electron chi connectivity index (χ4n) is 3.67. The minimum Gasteiger partial charge on any atom is -0.384 e. The van der Waals surface area contributed by atoms with Crippen LogP contribution in [0.2, 0.25) is 0 Å². The number of pyridine rings is 1. The van der Waals surface area contributed by atoms with Crippen LogP contribution in [0.5, 0.6) is 0 Å². The van der Waals surface area contributed by atoms with Crippen LogP contribution in [-0.2, 0) is 24.3 Å². The van der Waals surface area contributed by atoms with E-state index in [1.54, 1.807) is 48.8 Å². The van der Waals surface area contributed by atoms with Crippen LogP contribution < -0.4 is 21.9 Å². The van der Waals surface area contributed by atoms with Crippen molar-refractivity contribution in [3.05, 3.63) is 112 Å². The van der Waals surface area contributed by atoms with Gasteiger partial charge in [0.25, 0.3) is 5.56 Å². The molecule has 0 aliphatic rings. The lowest BCUT2D eigenvalue weighted by Crippen LogP contribution is -2.34. The summed E-state index contributed by atoms with van der Waals surface area (Å²) < 4.78 is 1.36. The third-order valence-corrected chi connectivity index (χ3v) is 5.60. The molecule has 0 aliphatic heterocycles. The summed E-state index contributed by atoms with van der Waals surface area (Å²) in [6, 6.07) is 20.6. The van der Waals surface area contributed by atoms with Crippen LogP contribution in [0.1, 0.15) is 16.7 Å². The number of aromatic nitrogens is 3. The molecule has 4 rings (SSSR count). The molecule has 2 aromatic heterocycles. The van der Waals surface area contributed by atoms with Crippen molar-refractivity contribution >= 4 is 29.8 Å². The molecule has 190 valence electrons. The monoisotopic (exact) mass is 517 g/mol. The van der Waals surface area contributed by atoms with Crippen molar-refractivity contribution in [1.29, 1.82) is 5.41 Å². The molecule has 0 unspecified atom stereocenters. The molecule has 9 nitrogen and oxygen atoms in total. The first-order chi connectivity index (χ1) is 17.5. The molecule has 5 N–H and O–H groups in total. The predicted octanol–water partition coefficient (Wildman–Crippen LogP) is 2.98. The van der Waals surface area contributed by atoms with Crippen LogP contribution in [0.4, 0.5) is 5.69 Å². The van der Waals surface area contributed by atoms with Gasteiger partial charge < -0.3 is 16.4 Å². The second kappa shape index (κ2) is 13.0. The maximum atomic E-state index is 13.3. The number of nitrogens with zero attached hydrogens (tertiary/aromatic N) is 3. The average Bonchev–Trinajstić information content (AvgIpc) is 2.91. The van der Waals surface area contributed by atoms with Gasteiger partial charge in [0.05, 0.1) is 6.20 Å². The second-order valence-electron chi connectivity index (χ2n) is 8.18. The largest absolute Gasteiger partial charge is 0.384 e. The summed E-state index contributed by atoms with van der Waals surface area (Å²) in [6.07, 6.45) is 5.49. The quantitative estimate of drug-likeness (QED) is 0.188. The molecule has 37 heavy (non-hydrogen) atoms. The SMILES string of the molecule is Cl.N=C(N)c1ccc(CNC(=O)Cn2c(-c3cccnc3)ncc(NCCc3ccccc3)c2=O)cc1. The number of amidine groups is 1. The Labute approximate surface area is 220 Å². The van der Waals surface area contributed by atoms with Crippen molar-refractivity contribution in [3.8, 4) is 11.4 Å². The zero-order chi connectivity index (χ0) is 25.3. The zero-order valence-corrected chi connectivity index (χ0v) is 20.9. The normalized spacial score (nSPS) is 10.3. The molecule has 0 atom stereocenters. The summed E-state index contributed by atoms with van der Waals surface area (Å²) in [5.74, 6) is 0.0152. The first-order valence-corrected chi connectivity index (χ1v) is 11.5. The van der Waals surface area contributed by atoms with Crippen LogP contribution in [0, 0.1) is 5.41 Å². The van der Waals surface area contributed by atoms with Crippen LogP contribution in [-0.4, -0.2) is 32.8 Å². The molecule has 0 fully saturated rings. The first kappa shape index (κ1) is 27.1. The number of nitrogens with two attached hydrogens (primary N) is 1. The van der Waals surface area contributed by atoms with Gasteiger partial charge in [-0.15, -0.1) is 12.4 Å². The number of carbonyl (C=O) groups is 1. The maximum absolute atomic E-state index is 13.3. The molecular weight excluding hydrogens is 490 g/mol. The number of anilines is 1. The molecular formula is C27H28ClN7O2. The third-order valence-electron chi connectivity index (χ3n) is 5.60. The van der Waals surface area contributed by atoms with Crippen molar-refractivity contribution in [2.75, 3.05) is 11.9 Å². The van der Waals surface area contributed by atoms with Gasteiger partial charge in [0.1, 0.15) is 23.9 Å². The third kappa shape index (κ3) is 7.25. The highest BCUT2D eigenvalue weighted by atomic mass is 35.5. The number of carbonyl (C=O) groups excluding carboxylic acids is 1. The van der Waals surface area contributed by atoms with E-state index in [0.29, 0.717) is 29.2 Å². The molecule has 2 aromatic carbocycles. The van der Waals surface area contributed by atoms with E-state index in [1.165, 1.54) is 10.8 Å². The van der Waals surface area contributed by atoms with Crippen LogP contribution in [0.25, 0.3) is 11.4 Å². The van der Waals surface area contributed by atoms with E-state index >= 15 is 0 Å². The van der Waals surface area contributed by atoms with Gasteiger partial charge in [0.2, 0.25) is 5.91 Å². The maximum Gasteiger partial charge on any atom is 0.277 e. The predicted molar refractivity (Wildman–Crippen MR) is 147 cm³/mol. The van der Waals surface area contributed by atoms with Crippen LogP contribution >= 0.6 is 12.4 Å². The lowest BCUT2D eigenvalue weighted by Gasteiger charge is -2.15. The Hall–Kier alpha value is -4.50. The topological polar surface area (TPSA) is 139 Å². The molecule has 4 aromatic rings. The Bertz CT molecular complexity index is 1390. The van der Waals surface area contributed by atoms with E-state index in [2.05, 4.69) is 20.6 Å². The van der Waals surface area contributed by atoms with Gasteiger partial charge in [-0.2, -0.15) is 0 Å². The van der Waals surface area contributed by atoms with Crippen molar-refractivity contribution < 1.29 is 4.79 Å². The summed E-state index contributed by atoms with van der Waals surface area (Å²) >= 11 is 0. The molecule has 2 heterocycles. The van der Waals surface area contributed by atoms with Crippen molar-refractivity contribution in [2.24, 2.45) is 5.73 Å². The lowest BCUT2D eigenvalue weighted by molar-refractivity contribution is -0.121. The van der Waals surface area contributed by atoms with Gasteiger partial charge in [-0.1, -0.05) is 54.6 Å². The summed E-state index contributed by atoms with van der Waals surface area (Å²) in [4.78, 5) is 34.8. The summed E-state index contributed by atoms with van der Waals surface area (Å²) in [5, 5.41) is 13.5. The zero-order valence-electron chi connectivity index (χ0n) is 20.1. The Balaban J connectivity index is 0.00000380. The highest BCUT2D eigenvalue weighted by molar-refractivity contribution is 5.94. The van der Waals surface area contributed by atoms with E-state index in [-0.39, 0.29) is 42.8 Å². The first-order valence-electron chi connectivity index (χ1n) is 11.5. The van der Waals surface area contributed by atoms with Gasteiger partial charge in [0, 0.05) is 36.6 Å². The molecule has 0 radical (unpaired) electrons. The average molecular weight is 518 g/mol. The number of halogens is 1. The number of nitrogens with one attached hydrogen (secondary N) is 3. The molecule has 0 bridgehead atoms. The highest BCUT2D eigenvalue weighted by Gasteiger charge is 2.15. The molecule has 10 heteroatoms. The Morgan fingerprint density at radius 3 is 2.41 bits per heavy atom. The van der Waals surface area contributed by atoms with E-state index in [4.69, 9.17) is 11.1 Å². The number of rotatable bonds is 10. The summed E-state index contributed by atoms with van der Waals surface area (Å²) in [7, 11) is 0. The van der Waals surface area contributed by atoms with Crippen LogP contribution in [0.15, 0.2) is 90.1 Å². The van der Waals surface area contributed by atoms with E-state index in [1.807, 2.05) is 30.3 Å². The molecule has 1 amide bonds. The van der Waals surface area contributed by atoms with E-state index in [9.17, 15) is 9.59 Å². The fourth-order valence-corrected chi connectivity index (χ4v) is 3.67. The van der Waals surface area contributed by atoms with E-state index < -0.39 is 0 Å². The van der Waals surface area contributed by atoms with E-state index in [0.717, 1.165) is 17.5 Å². The number of amides is 1. The van der Waals surface area contributed by atoms with Gasteiger partial charge in [-0.3, -0.25) is 24.5 Å². The Morgan fingerprint density at radius 2 is 1.73 bits per heavy atom. The van der Waals surface area contributed by atoms with Crippen molar-refractivity contribution in [2.45, 2.75) is 19.5 Å².